The van der Waals surface area contributed by atoms with E-state index in [-0.39, 0.29) is 11.0 Å². The predicted octanol–water partition coefficient (Wildman–Crippen LogP) is 1.95. The molecule has 0 rings (SSSR count). The van der Waals surface area contributed by atoms with Crippen LogP contribution in [0.3, 0.4) is 0 Å². The molecule has 0 aliphatic heterocycles. The fourth-order valence-electron chi connectivity index (χ4n) is 0.308. The predicted molar refractivity (Wildman–Crippen MR) is 33.3 cm³/mol. The van der Waals surface area contributed by atoms with Crippen molar-refractivity contribution in [1.82, 2.24) is 4.90 Å². The van der Waals surface area contributed by atoms with E-state index in [2.05, 4.69) is 0 Å². The summed E-state index contributed by atoms with van der Waals surface area (Å²) in [6.07, 6.45) is 0. The van der Waals surface area contributed by atoms with Crippen LogP contribution in [0.4, 0.5) is 4.39 Å². The van der Waals surface area contributed by atoms with E-state index in [4.69, 9.17) is 11.6 Å². The van der Waals surface area contributed by atoms with Crippen LogP contribution in [0.5, 0.6) is 0 Å². The summed E-state index contributed by atoms with van der Waals surface area (Å²) in [5.74, 6) is -0.383. The molecule has 0 N–H and O–H groups in total. The maximum absolute atomic E-state index is 12.3. The Morgan fingerprint density at radius 3 is 1.88 bits per heavy atom. The summed E-state index contributed by atoms with van der Waals surface area (Å²) in [5, 5.41) is 0.190. The summed E-state index contributed by atoms with van der Waals surface area (Å²) in [6.45, 7) is 1.51. The van der Waals surface area contributed by atoms with E-state index >= 15 is 0 Å². The zero-order valence-corrected chi connectivity index (χ0v) is 5.96. The monoisotopic (exact) mass is 137 g/mol. The minimum atomic E-state index is -0.383. The molecule has 0 aromatic carbocycles. The van der Waals surface area contributed by atoms with Gasteiger partial charge in [0.1, 0.15) is 0 Å². The first-order valence-electron chi connectivity index (χ1n) is 2.25. The van der Waals surface area contributed by atoms with Gasteiger partial charge in [-0.2, -0.15) is 4.39 Å². The molecule has 0 saturated heterocycles. The summed E-state index contributed by atoms with van der Waals surface area (Å²) >= 11 is 5.29. The Morgan fingerprint density at radius 2 is 1.88 bits per heavy atom. The molecule has 0 aliphatic carbocycles. The van der Waals surface area contributed by atoms with Crippen molar-refractivity contribution in [2.45, 2.75) is 6.92 Å². The lowest BCUT2D eigenvalue weighted by atomic mass is 10.6. The van der Waals surface area contributed by atoms with Crippen LogP contribution in [0, 0.1) is 0 Å². The van der Waals surface area contributed by atoms with Crippen LogP contribution in [-0.2, 0) is 0 Å². The fourth-order valence-corrected chi connectivity index (χ4v) is 0.477. The molecule has 0 bridgehead atoms. The fraction of sp³-hybridized carbons (Fsp3) is 0.600. The van der Waals surface area contributed by atoms with Gasteiger partial charge in [0, 0.05) is 14.1 Å². The summed E-state index contributed by atoms with van der Waals surface area (Å²) in [5.41, 5.74) is 0. The van der Waals surface area contributed by atoms with Crippen LogP contribution < -0.4 is 0 Å². The Balaban J connectivity index is 4.00. The molecule has 0 atom stereocenters. The van der Waals surface area contributed by atoms with E-state index in [0.717, 1.165) is 0 Å². The van der Waals surface area contributed by atoms with E-state index in [1.807, 2.05) is 0 Å². The highest BCUT2D eigenvalue weighted by Crippen LogP contribution is 2.10. The van der Waals surface area contributed by atoms with E-state index in [9.17, 15) is 4.39 Å². The van der Waals surface area contributed by atoms with Gasteiger partial charge in [-0.05, 0) is 6.92 Å². The zero-order chi connectivity index (χ0) is 6.73. The smallest absolute Gasteiger partial charge is 0.203 e. The molecule has 0 heterocycles. The van der Waals surface area contributed by atoms with Crippen molar-refractivity contribution in [2.24, 2.45) is 0 Å². The third kappa shape index (κ3) is 2.17. The van der Waals surface area contributed by atoms with Crippen molar-refractivity contribution in [1.29, 1.82) is 0 Å². The van der Waals surface area contributed by atoms with Gasteiger partial charge in [0.05, 0.1) is 5.03 Å². The first-order chi connectivity index (χ1) is 3.55. The second kappa shape index (κ2) is 2.92. The molecule has 0 aromatic heterocycles. The van der Waals surface area contributed by atoms with Crippen LogP contribution >= 0.6 is 11.6 Å². The first-order valence-corrected chi connectivity index (χ1v) is 2.62. The molecule has 0 unspecified atom stereocenters. The Bertz CT molecular complexity index is 105. The second-order valence-electron chi connectivity index (χ2n) is 1.72. The molecule has 0 aliphatic rings. The molecule has 48 valence electrons. The van der Waals surface area contributed by atoms with Gasteiger partial charge in [0.15, 0.2) is 0 Å². The molecule has 0 aromatic rings. The van der Waals surface area contributed by atoms with Crippen LogP contribution in [0.2, 0.25) is 0 Å². The number of halogens is 2. The molecule has 0 saturated carbocycles. The van der Waals surface area contributed by atoms with Crippen molar-refractivity contribution < 1.29 is 4.39 Å². The van der Waals surface area contributed by atoms with Gasteiger partial charge in [-0.15, -0.1) is 0 Å². The van der Waals surface area contributed by atoms with Crippen molar-refractivity contribution in [3.8, 4) is 0 Å². The van der Waals surface area contributed by atoms with E-state index < -0.39 is 0 Å². The van der Waals surface area contributed by atoms with Crippen LogP contribution in [0.1, 0.15) is 6.92 Å². The topological polar surface area (TPSA) is 3.24 Å². The molecule has 0 spiro atoms. The third-order valence-electron chi connectivity index (χ3n) is 0.677. The highest BCUT2D eigenvalue weighted by atomic mass is 35.5. The SMILES string of the molecule is C/C(Cl)=C(\F)N(C)C. The lowest BCUT2D eigenvalue weighted by Gasteiger charge is -2.07. The average Bonchev–Trinajstić information content (AvgIpc) is 1.64. The Labute approximate surface area is 53.7 Å². The maximum Gasteiger partial charge on any atom is 0.203 e. The van der Waals surface area contributed by atoms with Crippen molar-refractivity contribution >= 4 is 11.6 Å². The molecule has 8 heavy (non-hydrogen) atoms. The van der Waals surface area contributed by atoms with Crippen molar-refractivity contribution in [3.63, 3.8) is 0 Å². The van der Waals surface area contributed by atoms with E-state index in [1.165, 1.54) is 11.8 Å². The van der Waals surface area contributed by atoms with E-state index in [0.29, 0.717) is 0 Å². The zero-order valence-electron chi connectivity index (χ0n) is 5.20. The van der Waals surface area contributed by atoms with Crippen LogP contribution in [0.15, 0.2) is 11.0 Å². The number of rotatable bonds is 1. The Hall–Kier alpha value is -0.240. The van der Waals surface area contributed by atoms with Gasteiger partial charge >= 0.3 is 0 Å². The summed E-state index contributed by atoms with van der Waals surface area (Å²) in [7, 11) is 3.20. The number of nitrogens with zero attached hydrogens (tertiary/aromatic N) is 1. The molecule has 0 amide bonds. The average molecular weight is 138 g/mol. The largest absolute Gasteiger partial charge is 0.354 e. The van der Waals surface area contributed by atoms with Crippen LogP contribution in [0.25, 0.3) is 0 Å². The minimum absolute atomic E-state index is 0.190. The number of hydrogen-bond acceptors (Lipinski definition) is 1. The lowest BCUT2D eigenvalue weighted by molar-refractivity contribution is 0.371. The third-order valence-corrected chi connectivity index (χ3v) is 0.833. The molecule has 0 radical (unpaired) electrons. The summed E-state index contributed by atoms with van der Waals surface area (Å²) in [4.78, 5) is 1.32. The van der Waals surface area contributed by atoms with Gasteiger partial charge in [-0.1, -0.05) is 11.6 Å². The normalized spacial score (nSPS) is 13.1. The minimum Gasteiger partial charge on any atom is -0.354 e. The molecular weight excluding hydrogens is 129 g/mol. The van der Waals surface area contributed by atoms with Crippen molar-refractivity contribution in [3.05, 3.63) is 11.0 Å². The van der Waals surface area contributed by atoms with Gasteiger partial charge < -0.3 is 4.90 Å². The molecule has 1 nitrogen and oxygen atoms in total. The van der Waals surface area contributed by atoms with Gasteiger partial charge in [0.2, 0.25) is 5.95 Å². The summed E-state index contributed by atoms with van der Waals surface area (Å²) < 4.78 is 12.3. The van der Waals surface area contributed by atoms with Gasteiger partial charge in [0.25, 0.3) is 0 Å². The van der Waals surface area contributed by atoms with E-state index in [1.54, 1.807) is 14.1 Å². The molecule has 0 fully saturated rings. The Morgan fingerprint density at radius 1 is 1.50 bits per heavy atom. The summed E-state index contributed by atoms with van der Waals surface area (Å²) in [6, 6.07) is 0. The quantitative estimate of drug-likeness (QED) is 0.500. The molecule has 3 heteroatoms. The second-order valence-corrected chi connectivity index (χ2v) is 2.29. The molecular formula is C5H9ClFN. The lowest BCUT2D eigenvalue weighted by Crippen LogP contribution is -2.07. The number of allylic oxidation sites excluding steroid dienone is 1. The van der Waals surface area contributed by atoms with Crippen molar-refractivity contribution in [2.75, 3.05) is 14.1 Å². The van der Waals surface area contributed by atoms with Gasteiger partial charge in [-0.3, -0.25) is 0 Å². The van der Waals surface area contributed by atoms with Crippen LogP contribution in [-0.4, -0.2) is 19.0 Å². The van der Waals surface area contributed by atoms with Gasteiger partial charge in [-0.25, -0.2) is 0 Å². The Kier molecular flexibility index (Phi) is 2.84. The highest BCUT2D eigenvalue weighted by molar-refractivity contribution is 6.29. The standard InChI is InChI=1S/C5H9ClFN/c1-4(6)5(7)8(2)3/h1-3H3/b5-4-. The maximum atomic E-state index is 12.3. The first kappa shape index (κ1) is 7.76. The highest BCUT2D eigenvalue weighted by Gasteiger charge is 1.98. The number of hydrogen-bond donors (Lipinski definition) is 0.